The Bertz CT molecular complexity index is 397. The number of carbonyl (C=O) groups excluding carboxylic acids is 2. The molecule has 15 heavy (non-hydrogen) atoms. The Morgan fingerprint density at radius 2 is 2.07 bits per heavy atom. The zero-order valence-electron chi connectivity index (χ0n) is 8.31. The Kier molecular flexibility index (Phi) is 3.28. The second-order valence-corrected chi connectivity index (χ2v) is 2.72. The first-order chi connectivity index (χ1) is 7.13. The van der Waals surface area contributed by atoms with Crippen molar-refractivity contribution in [3.63, 3.8) is 0 Å². The van der Waals surface area contributed by atoms with E-state index in [1.54, 1.807) is 0 Å². The molecule has 0 saturated carbocycles. The topological polar surface area (TPSA) is 72.8 Å². The summed E-state index contributed by atoms with van der Waals surface area (Å²) >= 11 is 0. The Hall–Kier alpha value is -2.04. The SMILES string of the molecule is COC(=O)c1cc(O)cc(OC)c1C=O. The largest absolute Gasteiger partial charge is 0.508 e. The van der Waals surface area contributed by atoms with Gasteiger partial charge in [0.1, 0.15) is 11.5 Å². The highest BCUT2D eigenvalue weighted by atomic mass is 16.5. The van der Waals surface area contributed by atoms with Gasteiger partial charge in [-0.25, -0.2) is 4.79 Å². The summed E-state index contributed by atoms with van der Waals surface area (Å²) in [7, 11) is 2.52. The number of hydrogen-bond donors (Lipinski definition) is 1. The lowest BCUT2D eigenvalue weighted by atomic mass is 10.1. The number of ether oxygens (including phenoxy) is 2. The third-order valence-corrected chi connectivity index (χ3v) is 1.87. The fourth-order valence-electron chi connectivity index (χ4n) is 1.18. The third kappa shape index (κ3) is 2.07. The molecule has 0 heterocycles. The molecule has 1 aromatic rings. The maximum atomic E-state index is 11.3. The van der Waals surface area contributed by atoms with Crippen LogP contribution in [0.4, 0.5) is 0 Å². The van der Waals surface area contributed by atoms with Crippen LogP contribution in [0.3, 0.4) is 0 Å². The predicted octanol–water partition coefficient (Wildman–Crippen LogP) is 1.000. The van der Waals surface area contributed by atoms with E-state index in [1.165, 1.54) is 20.3 Å². The molecule has 0 aliphatic carbocycles. The fourth-order valence-corrected chi connectivity index (χ4v) is 1.18. The van der Waals surface area contributed by atoms with Gasteiger partial charge in [0.25, 0.3) is 0 Å². The number of aldehydes is 1. The minimum absolute atomic E-state index is 0.0237. The predicted molar refractivity (Wildman–Crippen MR) is 51.4 cm³/mol. The lowest BCUT2D eigenvalue weighted by Crippen LogP contribution is -2.06. The lowest BCUT2D eigenvalue weighted by molar-refractivity contribution is 0.0597. The van der Waals surface area contributed by atoms with Crippen LogP contribution in [0.15, 0.2) is 12.1 Å². The van der Waals surface area contributed by atoms with Crippen LogP contribution in [-0.2, 0) is 4.74 Å². The van der Waals surface area contributed by atoms with E-state index in [1.807, 2.05) is 0 Å². The summed E-state index contributed by atoms with van der Waals surface area (Å²) in [6.07, 6.45) is 0.477. The van der Waals surface area contributed by atoms with E-state index < -0.39 is 5.97 Å². The van der Waals surface area contributed by atoms with Gasteiger partial charge < -0.3 is 14.6 Å². The van der Waals surface area contributed by atoms with Crippen LogP contribution in [-0.4, -0.2) is 31.6 Å². The van der Waals surface area contributed by atoms with E-state index in [4.69, 9.17) is 4.74 Å². The van der Waals surface area contributed by atoms with E-state index in [9.17, 15) is 14.7 Å². The molecule has 1 aromatic carbocycles. The summed E-state index contributed by atoms with van der Waals surface area (Å²) in [5.74, 6) is -0.741. The van der Waals surface area contributed by atoms with Crippen molar-refractivity contribution in [3.8, 4) is 11.5 Å². The van der Waals surface area contributed by atoms with Crippen LogP contribution in [0.25, 0.3) is 0 Å². The van der Waals surface area contributed by atoms with Gasteiger partial charge in [-0.3, -0.25) is 4.79 Å². The number of benzene rings is 1. The van der Waals surface area contributed by atoms with Gasteiger partial charge in [-0.15, -0.1) is 0 Å². The fraction of sp³-hybridized carbons (Fsp3) is 0.200. The van der Waals surface area contributed by atoms with Crippen LogP contribution >= 0.6 is 0 Å². The van der Waals surface area contributed by atoms with Gasteiger partial charge in [0.2, 0.25) is 0 Å². The molecule has 80 valence electrons. The van der Waals surface area contributed by atoms with E-state index in [0.717, 1.165) is 6.07 Å². The molecule has 5 heteroatoms. The molecular weight excluding hydrogens is 200 g/mol. The molecule has 0 saturated heterocycles. The smallest absolute Gasteiger partial charge is 0.338 e. The van der Waals surface area contributed by atoms with Crippen molar-refractivity contribution in [3.05, 3.63) is 23.3 Å². The number of phenols is 1. The highest BCUT2D eigenvalue weighted by Gasteiger charge is 2.17. The zero-order chi connectivity index (χ0) is 11.4. The molecule has 0 unspecified atom stereocenters. The van der Waals surface area contributed by atoms with Gasteiger partial charge >= 0.3 is 5.97 Å². The Labute approximate surface area is 86.2 Å². The van der Waals surface area contributed by atoms with Gasteiger partial charge in [0.05, 0.1) is 25.3 Å². The molecule has 0 aromatic heterocycles. The van der Waals surface area contributed by atoms with Crippen molar-refractivity contribution in [2.45, 2.75) is 0 Å². The normalized spacial score (nSPS) is 9.47. The molecule has 0 aliphatic rings. The van der Waals surface area contributed by atoms with E-state index in [2.05, 4.69) is 4.74 Å². The molecule has 1 rings (SSSR count). The highest BCUT2D eigenvalue weighted by molar-refractivity contribution is 6.00. The van der Waals surface area contributed by atoms with Crippen molar-refractivity contribution < 1.29 is 24.2 Å². The Morgan fingerprint density at radius 1 is 1.40 bits per heavy atom. The first kappa shape index (κ1) is 11.0. The third-order valence-electron chi connectivity index (χ3n) is 1.87. The van der Waals surface area contributed by atoms with Crippen molar-refractivity contribution in [2.75, 3.05) is 14.2 Å². The number of rotatable bonds is 3. The van der Waals surface area contributed by atoms with Crippen LogP contribution in [0.1, 0.15) is 20.7 Å². The van der Waals surface area contributed by atoms with Gasteiger partial charge in [-0.2, -0.15) is 0 Å². The molecule has 0 atom stereocenters. The van der Waals surface area contributed by atoms with Gasteiger partial charge in [-0.1, -0.05) is 0 Å². The minimum atomic E-state index is -0.702. The Morgan fingerprint density at radius 3 is 2.53 bits per heavy atom. The van der Waals surface area contributed by atoms with E-state index in [-0.39, 0.29) is 22.6 Å². The standard InChI is InChI=1S/C10H10O5/c1-14-9-4-6(12)3-7(8(9)5-11)10(13)15-2/h3-5,12H,1-2H3. The van der Waals surface area contributed by atoms with Crippen LogP contribution in [0.2, 0.25) is 0 Å². The van der Waals surface area contributed by atoms with Gasteiger partial charge in [-0.05, 0) is 6.07 Å². The van der Waals surface area contributed by atoms with Crippen LogP contribution < -0.4 is 4.74 Å². The van der Waals surface area contributed by atoms with E-state index in [0.29, 0.717) is 6.29 Å². The Balaban J connectivity index is 3.41. The molecule has 0 radical (unpaired) electrons. The second-order valence-electron chi connectivity index (χ2n) is 2.72. The molecule has 0 aliphatic heterocycles. The van der Waals surface area contributed by atoms with Crippen molar-refractivity contribution in [1.82, 2.24) is 0 Å². The molecule has 0 amide bonds. The van der Waals surface area contributed by atoms with Crippen LogP contribution in [0, 0.1) is 0 Å². The summed E-state index contributed by atoms with van der Waals surface area (Å²) < 4.78 is 9.32. The minimum Gasteiger partial charge on any atom is -0.508 e. The first-order valence-corrected chi connectivity index (χ1v) is 4.08. The van der Waals surface area contributed by atoms with Gasteiger partial charge in [0.15, 0.2) is 6.29 Å². The lowest BCUT2D eigenvalue weighted by Gasteiger charge is -2.08. The summed E-state index contributed by atoms with van der Waals surface area (Å²) in [5, 5.41) is 9.29. The highest BCUT2D eigenvalue weighted by Crippen LogP contribution is 2.27. The maximum Gasteiger partial charge on any atom is 0.338 e. The molecule has 0 spiro atoms. The maximum absolute atomic E-state index is 11.3. The summed E-state index contributed by atoms with van der Waals surface area (Å²) in [6.45, 7) is 0. The molecular formula is C10H10O5. The first-order valence-electron chi connectivity index (χ1n) is 4.08. The number of phenolic OH excluding ortho intramolecular Hbond substituents is 1. The summed E-state index contributed by atoms with van der Waals surface area (Å²) in [4.78, 5) is 22.0. The molecule has 0 bridgehead atoms. The molecule has 5 nitrogen and oxygen atoms in total. The monoisotopic (exact) mass is 210 g/mol. The molecule has 1 N–H and O–H groups in total. The number of aromatic hydroxyl groups is 1. The van der Waals surface area contributed by atoms with Gasteiger partial charge in [0, 0.05) is 6.07 Å². The number of hydrogen-bond acceptors (Lipinski definition) is 5. The quantitative estimate of drug-likeness (QED) is 0.595. The van der Waals surface area contributed by atoms with Crippen LogP contribution in [0.5, 0.6) is 11.5 Å². The van der Waals surface area contributed by atoms with Crippen molar-refractivity contribution in [2.24, 2.45) is 0 Å². The number of methoxy groups -OCH3 is 2. The van der Waals surface area contributed by atoms with Crippen molar-refractivity contribution in [1.29, 1.82) is 0 Å². The average Bonchev–Trinajstić information content (AvgIpc) is 2.26. The summed E-state index contributed by atoms with van der Waals surface area (Å²) in [6, 6.07) is 2.40. The average molecular weight is 210 g/mol. The summed E-state index contributed by atoms with van der Waals surface area (Å²) in [5.41, 5.74) is 0.0338. The zero-order valence-corrected chi connectivity index (χ0v) is 8.31. The molecule has 0 fully saturated rings. The number of esters is 1. The van der Waals surface area contributed by atoms with E-state index >= 15 is 0 Å². The second kappa shape index (κ2) is 4.45. The van der Waals surface area contributed by atoms with Crippen molar-refractivity contribution >= 4 is 12.3 Å². The number of carbonyl (C=O) groups is 2.